The number of unbranched alkanes of at least 4 members (excludes halogenated alkanes) is 2. The third kappa shape index (κ3) is 4.30. The maximum atomic E-state index is 13.6. The van der Waals surface area contributed by atoms with Crippen molar-refractivity contribution in [2.75, 3.05) is 17.4 Å². The SMILES string of the molecule is C=CCN1c2ccc(Cl)cc2C(c2ccccc2)=C(C(=O)NCCCCC)S1(=O)=O. The van der Waals surface area contributed by atoms with E-state index in [1.165, 1.54) is 10.4 Å². The lowest BCUT2D eigenvalue weighted by Crippen LogP contribution is -2.41. The average Bonchev–Trinajstić information content (AvgIpc) is 2.73. The van der Waals surface area contributed by atoms with Gasteiger partial charge in [-0.25, -0.2) is 8.42 Å². The molecule has 5 nitrogen and oxygen atoms in total. The van der Waals surface area contributed by atoms with Gasteiger partial charge in [0, 0.05) is 22.7 Å². The molecule has 0 atom stereocenters. The molecule has 0 fully saturated rings. The smallest absolute Gasteiger partial charge is 0.270 e. The highest BCUT2D eigenvalue weighted by atomic mass is 35.5. The molecular weight excluding hydrogens is 420 g/mol. The van der Waals surface area contributed by atoms with Crippen LogP contribution < -0.4 is 9.62 Å². The van der Waals surface area contributed by atoms with Crippen LogP contribution in [0.2, 0.25) is 5.02 Å². The molecule has 1 aliphatic rings. The first-order valence-corrected chi connectivity index (χ1v) is 11.7. The van der Waals surface area contributed by atoms with Crippen LogP contribution in [0, 0.1) is 0 Å². The molecule has 0 saturated carbocycles. The highest BCUT2D eigenvalue weighted by Crippen LogP contribution is 2.43. The standard InChI is InChI=1S/C23H25ClN2O3S/c1-3-5-9-14-25-23(27)22-21(17-10-7-6-8-11-17)19-16-18(24)12-13-20(19)26(15-4-2)30(22,28)29/h4,6-8,10-13,16H,2-3,5,9,14-15H2,1H3,(H,25,27). The van der Waals surface area contributed by atoms with Gasteiger partial charge in [0.1, 0.15) is 0 Å². The number of carbonyl (C=O) groups is 1. The number of anilines is 1. The molecule has 30 heavy (non-hydrogen) atoms. The zero-order valence-corrected chi connectivity index (χ0v) is 18.5. The van der Waals surface area contributed by atoms with Crippen LogP contribution in [0.3, 0.4) is 0 Å². The van der Waals surface area contributed by atoms with Gasteiger partial charge in [0.15, 0.2) is 4.91 Å². The van der Waals surface area contributed by atoms with Crippen molar-refractivity contribution in [3.63, 3.8) is 0 Å². The number of hydrogen-bond donors (Lipinski definition) is 1. The van der Waals surface area contributed by atoms with E-state index in [-0.39, 0.29) is 11.4 Å². The Labute approximate surface area is 183 Å². The van der Waals surface area contributed by atoms with Gasteiger partial charge in [-0.3, -0.25) is 9.10 Å². The van der Waals surface area contributed by atoms with Crippen LogP contribution in [-0.2, 0) is 14.8 Å². The minimum atomic E-state index is -4.11. The Balaban J connectivity index is 2.26. The first-order valence-electron chi connectivity index (χ1n) is 9.93. The number of hydrogen-bond acceptors (Lipinski definition) is 3. The average molecular weight is 445 g/mol. The predicted molar refractivity (Wildman–Crippen MR) is 123 cm³/mol. The Morgan fingerprint density at radius 1 is 1.17 bits per heavy atom. The van der Waals surface area contributed by atoms with Gasteiger partial charge < -0.3 is 5.32 Å². The molecule has 2 aromatic rings. The molecule has 1 aliphatic heterocycles. The number of amides is 1. The summed E-state index contributed by atoms with van der Waals surface area (Å²) in [7, 11) is -4.11. The van der Waals surface area contributed by atoms with Crippen LogP contribution >= 0.6 is 11.6 Å². The highest BCUT2D eigenvalue weighted by Gasteiger charge is 2.40. The zero-order valence-electron chi connectivity index (χ0n) is 16.9. The molecule has 1 N–H and O–H groups in total. The molecule has 0 aliphatic carbocycles. The van der Waals surface area contributed by atoms with Crippen molar-refractivity contribution in [2.24, 2.45) is 0 Å². The second kappa shape index (κ2) is 9.49. The van der Waals surface area contributed by atoms with Crippen LogP contribution in [-0.4, -0.2) is 27.4 Å². The van der Waals surface area contributed by atoms with Gasteiger partial charge in [0.2, 0.25) is 0 Å². The summed E-state index contributed by atoms with van der Waals surface area (Å²) in [6, 6.07) is 14.1. The topological polar surface area (TPSA) is 66.5 Å². The third-order valence-corrected chi connectivity index (χ3v) is 6.97. The molecule has 1 amide bonds. The van der Waals surface area contributed by atoms with Crippen molar-refractivity contribution in [2.45, 2.75) is 26.2 Å². The number of fused-ring (bicyclic) bond motifs is 1. The van der Waals surface area contributed by atoms with E-state index < -0.39 is 15.9 Å². The first-order chi connectivity index (χ1) is 14.4. The first kappa shape index (κ1) is 22.1. The van der Waals surface area contributed by atoms with E-state index in [1.807, 2.05) is 18.2 Å². The fraction of sp³-hybridized carbons (Fsp3) is 0.261. The summed E-state index contributed by atoms with van der Waals surface area (Å²) in [5, 5.41) is 3.25. The van der Waals surface area contributed by atoms with Crippen molar-refractivity contribution in [3.05, 3.63) is 82.2 Å². The van der Waals surface area contributed by atoms with Gasteiger partial charge in [0.25, 0.3) is 15.9 Å². The van der Waals surface area contributed by atoms with Gasteiger partial charge in [-0.1, -0.05) is 67.8 Å². The second-order valence-corrected chi connectivity index (χ2v) is 9.26. The Hall–Kier alpha value is -2.57. The van der Waals surface area contributed by atoms with E-state index in [4.69, 9.17) is 11.6 Å². The number of rotatable bonds is 8. The Morgan fingerprint density at radius 3 is 2.57 bits per heavy atom. The molecule has 158 valence electrons. The number of halogens is 1. The summed E-state index contributed by atoms with van der Waals surface area (Å²) >= 11 is 6.26. The molecule has 1 heterocycles. The highest BCUT2D eigenvalue weighted by molar-refractivity contribution is 7.97. The van der Waals surface area contributed by atoms with E-state index in [1.54, 1.807) is 30.3 Å². The Bertz CT molecular complexity index is 1080. The van der Waals surface area contributed by atoms with E-state index in [2.05, 4.69) is 18.8 Å². The largest absolute Gasteiger partial charge is 0.351 e. The van der Waals surface area contributed by atoms with Gasteiger partial charge in [-0.05, 0) is 30.2 Å². The minimum Gasteiger partial charge on any atom is -0.351 e. The van der Waals surface area contributed by atoms with Crippen molar-refractivity contribution in [3.8, 4) is 0 Å². The van der Waals surface area contributed by atoms with Crippen LogP contribution in [0.5, 0.6) is 0 Å². The quantitative estimate of drug-likeness (QED) is 0.472. The fourth-order valence-electron chi connectivity index (χ4n) is 3.51. The molecule has 0 bridgehead atoms. The summed E-state index contributed by atoms with van der Waals surface area (Å²) in [5.74, 6) is -0.607. The molecule has 7 heteroatoms. The van der Waals surface area contributed by atoms with Crippen molar-refractivity contribution in [1.29, 1.82) is 0 Å². The van der Waals surface area contributed by atoms with Crippen LogP contribution in [0.1, 0.15) is 37.3 Å². The van der Waals surface area contributed by atoms with Crippen molar-refractivity contribution < 1.29 is 13.2 Å². The zero-order chi connectivity index (χ0) is 21.7. The molecule has 0 unspecified atom stereocenters. The number of sulfonamides is 1. The predicted octanol–water partition coefficient (Wildman–Crippen LogP) is 4.74. The molecule has 0 radical (unpaired) electrons. The van der Waals surface area contributed by atoms with Crippen molar-refractivity contribution in [1.82, 2.24) is 5.32 Å². The normalized spacial score (nSPS) is 14.9. The molecule has 2 aromatic carbocycles. The number of nitrogens with one attached hydrogen (secondary N) is 1. The monoisotopic (exact) mass is 444 g/mol. The lowest BCUT2D eigenvalue weighted by atomic mass is 9.95. The molecule has 0 spiro atoms. The van der Waals surface area contributed by atoms with Gasteiger partial charge >= 0.3 is 0 Å². The molecule has 3 rings (SSSR count). The summed E-state index contributed by atoms with van der Waals surface area (Å²) in [6.45, 7) is 6.21. The van der Waals surface area contributed by atoms with Crippen LogP contribution in [0.4, 0.5) is 5.69 Å². The molecular formula is C23H25ClN2O3S. The van der Waals surface area contributed by atoms with E-state index in [0.717, 1.165) is 19.3 Å². The lowest BCUT2D eigenvalue weighted by molar-refractivity contribution is -0.116. The summed E-state index contributed by atoms with van der Waals surface area (Å²) in [4.78, 5) is 12.9. The maximum absolute atomic E-state index is 13.6. The lowest BCUT2D eigenvalue weighted by Gasteiger charge is -2.33. The Kier molecular flexibility index (Phi) is 7.00. The summed E-state index contributed by atoms with van der Waals surface area (Å²) < 4.78 is 28.4. The Morgan fingerprint density at radius 2 is 1.90 bits per heavy atom. The number of benzene rings is 2. The summed E-state index contributed by atoms with van der Waals surface area (Å²) in [5.41, 5.74) is 2.08. The van der Waals surface area contributed by atoms with Gasteiger partial charge in [0.05, 0.1) is 12.2 Å². The van der Waals surface area contributed by atoms with E-state index in [0.29, 0.717) is 34.0 Å². The van der Waals surface area contributed by atoms with Gasteiger partial charge in [-0.15, -0.1) is 6.58 Å². The van der Waals surface area contributed by atoms with Gasteiger partial charge in [-0.2, -0.15) is 0 Å². The second-order valence-electron chi connectivity index (χ2n) is 7.02. The van der Waals surface area contributed by atoms with Crippen LogP contribution in [0.15, 0.2) is 66.1 Å². The molecule has 0 saturated heterocycles. The third-order valence-electron chi connectivity index (χ3n) is 4.90. The minimum absolute atomic E-state index is 0.0473. The summed E-state index contributed by atoms with van der Waals surface area (Å²) in [6.07, 6.45) is 4.25. The van der Waals surface area contributed by atoms with E-state index >= 15 is 0 Å². The van der Waals surface area contributed by atoms with Crippen molar-refractivity contribution >= 4 is 38.8 Å². The van der Waals surface area contributed by atoms with Crippen LogP contribution in [0.25, 0.3) is 5.57 Å². The fourth-order valence-corrected chi connectivity index (χ4v) is 5.41. The maximum Gasteiger partial charge on any atom is 0.270 e. The molecule has 0 aromatic heterocycles. The number of carbonyl (C=O) groups excluding carboxylic acids is 1. The van der Waals surface area contributed by atoms with E-state index in [9.17, 15) is 13.2 Å². The number of nitrogens with zero attached hydrogens (tertiary/aromatic N) is 1.